The molecule has 0 aliphatic rings. The first-order chi connectivity index (χ1) is 44.2. The highest BCUT2D eigenvalue weighted by molar-refractivity contribution is 6.19. The molecule has 0 amide bonds. The Bertz CT molecular complexity index is 5540. The average molecular weight is 1140 g/mol. The van der Waals surface area contributed by atoms with Crippen LogP contribution in [0.4, 0.5) is 0 Å². The molecule has 0 spiro atoms. The summed E-state index contributed by atoms with van der Waals surface area (Å²) in [6, 6.07) is 105. The minimum absolute atomic E-state index is 0.492. The van der Waals surface area contributed by atoms with Crippen molar-refractivity contribution in [1.29, 1.82) is 0 Å². The molecule has 0 atom stereocenters. The summed E-state index contributed by atoms with van der Waals surface area (Å²) in [5.74, 6) is 1.58. The third-order valence-corrected chi connectivity index (χ3v) is 18.2. The van der Waals surface area contributed by atoms with Crippen molar-refractivity contribution in [3.05, 3.63) is 297 Å². The van der Waals surface area contributed by atoms with E-state index in [1.165, 1.54) is 0 Å². The summed E-state index contributed by atoms with van der Waals surface area (Å²) in [7, 11) is 0. The maximum atomic E-state index is 5.96. The Kier molecular flexibility index (Phi) is 10.6. The Morgan fingerprint density at radius 3 is 0.764 bits per heavy atom. The van der Waals surface area contributed by atoms with Crippen LogP contribution in [0.1, 0.15) is 0 Å². The molecule has 0 saturated heterocycles. The lowest BCUT2D eigenvalue weighted by molar-refractivity contribution is 0.988. The Morgan fingerprint density at radius 1 is 0.191 bits per heavy atom. The van der Waals surface area contributed by atoms with Gasteiger partial charge in [0.15, 0.2) is 17.5 Å². The molecular weight excluding hydrogens is 1090 g/mol. The molecule has 0 radical (unpaired) electrons. The molecule has 0 bridgehead atoms. The van der Waals surface area contributed by atoms with Crippen molar-refractivity contribution in [2.75, 3.05) is 0 Å². The maximum absolute atomic E-state index is 5.96. The first kappa shape index (κ1) is 49.1. The molecule has 9 heteroatoms. The second-order valence-corrected chi connectivity index (χ2v) is 22.9. The molecular formula is C80H49N9. The van der Waals surface area contributed by atoms with Crippen molar-refractivity contribution in [2.24, 2.45) is 0 Å². The largest absolute Gasteiger partial charge is 0.306 e. The number of rotatable bonds is 8. The number of para-hydroxylation sites is 9. The van der Waals surface area contributed by atoms with Crippen LogP contribution in [0.15, 0.2) is 297 Å². The number of fused-ring (bicyclic) bond motifs is 15. The molecule has 7 aromatic heterocycles. The van der Waals surface area contributed by atoms with Crippen molar-refractivity contribution in [1.82, 2.24) is 42.8 Å². The highest BCUT2D eigenvalue weighted by Crippen LogP contribution is 2.54. The van der Waals surface area contributed by atoms with Crippen molar-refractivity contribution < 1.29 is 0 Å². The van der Waals surface area contributed by atoms with Gasteiger partial charge in [-0.05, 0) is 66.7 Å². The summed E-state index contributed by atoms with van der Waals surface area (Å²) in [5, 5.41) is 9.96. The standard InChI is InChI=1S/C80H49N9/c1-3-26-50(27-4-1)78-82-79(51-28-5-2-6-29-51)84-80(83-78)71-73(85-61-39-16-7-30-52(61)53-31-8-17-40-62(53)85)75(87-65-43-20-11-34-56(65)57-35-12-21-44-66(57)87)77(89-69-47-24-15-38-60(69)72-70(89)48-25-49-81-72)76(88-67-45-22-13-36-58(67)59-37-14-23-46-68(59)88)74(71)86-63-41-18-9-32-54(63)55-33-10-19-42-64(55)86/h1-49H. The Balaban J connectivity index is 1.22. The van der Waals surface area contributed by atoms with Crippen LogP contribution in [0.2, 0.25) is 0 Å². The molecule has 12 aromatic carbocycles. The Morgan fingerprint density at radius 2 is 0.427 bits per heavy atom. The fourth-order valence-electron chi connectivity index (χ4n) is 14.6. The third-order valence-electron chi connectivity index (χ3n) is 18.2. The van der Waals surface area contributed by atoms with E-state index in [-0.39, 0.29) is 0 Å². The predicted octanol–water partition coefficient (Wildman–Crippen LogP) is 19.8. The molecule has 0 aliphatic heterocycles. The van der Waals surface area contributed by atoms with Gasteiger partial charge in [0.05, 0.1) is 94.7 Å². The second-order valence-electron chi connectivity index (χ2n) is 22.9. The van der Waals surface area contributed by atoms with Gasteiger partial charge in [-0.2, -0.15) is 0 Å². The number of aromatic nitrogens is 9. The summed E-state index contributed by atoms with van der Waals surface area (Å²) in [5.41, 5.74) is 18.0. The zero-order valence-electron chi connectivity index (χ0n) is 47.8. The lowest BCUT2D eigenvalue weighted by Gasteiger charge is -2.31. The van der Waals surface area contributed by atoms with E-state index in [0.29, 0.717) is 17.5 Å². The van der Waals surface area contributed by atoms with Crippen LogP contribution < -0.4 is 0 Å². The van der Waals surface area contributed by atoms with Gasteiger partial charge in [-0.1, -0.05) is 224 Å². The van der Waals surface area contributed by atoms with E-state index in [1.54, 1.807) is 0 Å². The van der Waals surface area contributed by atoms with Crippen LogP contribution in [-0.4, -0.2) is 42.8 Å². The topological polar surface area (TPSA) is 76.2 Å². The second kappa shape index (κ2) is 19.2. The lowest BCUT2D eigenvalue weighted by Crippen LogP contribution is -2.19. The zero-order chi connectivity index (χ0) is 58.3. The summed E-state index contributed by atoms with van der Waals surface area (Å²) < 4.78 is 12.7. The predicted molar refractivity (Wildman–Crippen MR) is 366 cm³/mol. The van der Waals surface area contributed by atoms with Crippen molar-refractivity contribution in [2.45, 2.75) is 0 Å². The molecule has 19 aromatic rings. The molecule has 0 fully saturated rings. The van der Waals surface area contributed by atoms with Gasteiger partial charge < -0.3 is 22.8 Å². The number of pyridine rings is 1. The van der Waals surface area contributed by atoms with Gasteiger partial charge in [0.2, 0.25) is 0 Å². The lowest BCUT2D eigenvalue weighted by atomic mass is 9.99. The highest BCUT2D eigenvalue weighted by atomic mass is 15.2. The number of nitrogens with zero attached hydrogens (tertiary/aromatic N) is 9. The van der Waals surface area contributed by atoms with Gasteiger partial charge >= 0.3 is 0 Å². The van der Waals surface area contributed by atoms with Crippen LogP contribution in [0, 0.1) is 0 Å². The number of benzene rings is 12. The first-order valence-corrected chi connectivity index (χ1v) is 30.2. The molecule has 0 unspecified atom stereocenters. The van der Waals surface area contributed by atoms with Crippen LogP contribution in [0.5, 0.6) is 0 Å². The molecule has 0 aliphatic carbocycles. The summed E-state index contributed by atoms with van der Waals surface area (Å²) >= 11 is 0. The molecule has 0 N–H and O–H groups in total. The average Bonchev–Trinajstić information content (AvgIpc) is 1.61. The molecule has 9 nitrogen and oxygen atoms in total. The van der Waals surface area contributed by atoms with Gasteiger partial charge in [0.25, 0.3) is 0 Å². The fraction of sp³-hybridized carbons (Fsp3) is 0. The third kappa shape index (κ3) is 7.06. The maximum Gasteiger partial charge on any atom is 0.168 e. The van der Waals surface area contributed by atoms with E-state index in [0.717, 1.165) is 154 Å². The smallest absolute Gasteiger partial charge is 0.168 e. The zero-order valence-corrected chi connectivity index (χ0v) is 47.8. The highest BCUT2D eigenvalue weighted by Gasteiger charge is 2.38. The SMILES string of the molecule is c1ccc(-c2nc(-c3ccccc3)nc(-c3c(-n4c5ccccc5c5ccccc54)c(-n4c5ccccc5c5ccccc54)c(-n4c5ccccc5c5ncccc54)c(-n4c5ccccc5c5ccccc54)c3-n3c4ccccc4c4ccccc43)n2)cc1. The number of hydrogen-bond acceptors (Lipinski definition) is 4. The molecule has 19 rings (SSSR count). The summed E-state index contributed by atoms with van der Waals surface area (Å²) in [6.45, 7) is 0. The Hall–Kier alpha value is -12.2. The quantitative estimate of drug-likeness (QED) is 0.152. The van der Waals surface area contributed by atoms with Gasteiger partial charge in [0.1, 0.15) is 0 Å². The minimum atomic E-state index is 0.492. The minimum Gasteiger partial charge on any atom is -0.306 e. The van der Waals surface area contributed by atoms with Crippen LogP contribution in [-0.2, 0) is 0 Å². The molecule has 414 valence electrons. The van der Waals surface area contributed by atoms with Gasteiger partial charge in [-0.3, -0.25) is 4.98 Å². The van der Waals surface area contributed by atoms with E-state index in [9.17, 15) is 0 Å². The van der Waals surface area contributed by atoms with Crippen molar-refractivity contribution >= 4 is 109 Å². The summed E-state index contributed by atoms with van der Waals surface area (Å²) in [4.78, 5) is 22.7. The first-order valence-electron chi connectivity index (χ1n) is 30.2. The van der Waals surface area contributed by atoms with E-state index in [2.05, 4.69) is 302 Å². The molecule has 0 saturated carbocycles. The fourth-order valence-corrected chi connectivity index (χ4v) is 14.6. The van der Waals surface area contributed by atoms with Gasteiger partial charge in [-0.15, -0.1) is 0 Å². The van der Waals surface area contributed by atoms with E-state index < -0.39 is 0 Å². The van der Waals surface area contributed by atoms with E-state index >= 15 is 0 Å². The summed E-state index contributed by atoms with van der Waals surface area (Å²) in [6.07, 6.45) is 1.92. The van der Waals surface area contributed by atoms with Gasteiger partial charge in [0, 0.05) is 65.8 Å². The Labute approximate surface area is 509 Å². The van der Waals surface area contributed by atoms with Crippen LogP contribution in [0.3, 0.4) is 0 Å². The normalized spacial score (nSPS) is 12.0. The van der Waals surface area contributed by atoms with Crippen molar-refractivity contribution in [3.8, 4) is 62.6 Å². The van der Waals surface area contributed by atoms with Crippen LogP contribution in [0.25, 0.3) is 172 Å². The monoisotopic (exact) mass is 1140 g/mol. The van der Waals surface area contributed by atoms with Gasteiger partial charge in [-0.25, -0.2) is 15.0 Å². The van der Waals surface area contributed by atoms with E-state index in [4.69, 9.17) is 19.9 Å². The molecule has 89 heavy (non-hydrogen) atoms. The van der Waals surface area contributed by atoms with Crippen LogP contribution >= 0.6 is 0 Å². The number of hydrogen-bond donors (Lipinski definition) is 0. The van der Waals surface area contributed by atoms with Crippen molar-refractivity contribution in [3.63, 3.8) is 0 Å². The van der Waals surface area contributed by atoms with E-state index in [1.807, 2.05) is 18.3 Å². The molecule has 7 heterocycles.